The molecule has 8 heteroatoms. The number of nitrogens with zero attached hydrogens (tertiary/aromatic N) is 1. The van der Waals surface area contributed by atoms with Gasteiger partial charge in [-0.15, -0.1) is 0 Å². The van der Waals surface area contributed by atoms with Gasteiger partial charge in [0.2, 0.25) is 10.0 Å². The quantitative estimate of drug-likeness (QED) is 0.803. The van der Waals surface area contributed by atoms with E-state index in [0.717, 1.165) is 11.1 Å². The van der Waals surface area contributed by atoms with E-state index < -0.39 is 21.6 Å². The predicted molar refractivity (Wildman–Crippen MR) is 95.7 cm³/mol. The molecule has 0 spiro atoms. The monoisotopic (exact) mass is 383 g/mol. The zero-order chi connectivity index (χ0) is 18.8. The standard InChI is InChI=1S/C18H25NO6S/c1-2-25-18(6-9-24-10-7-18)13-26(22,23)19-8-5-14-3-4-15(17(20)21)11-16(14)12-19/h3-4,11H,2,5-10,12-13H2,1H3,(H,20,21). The van der Waals surface area contributed by atoms with Crippen LogP contribution in [0.5, 0.6) is 0 Å². The van der Waals surface area contributed by atoms with Gasteiger partial charge in [0.15, 0.2) is 0 Å². The van der Waals surface area contributed by atoms with E-state index >= 15 is 0 Å². The summed E-state index contributed by atoms with van der Waals surface area (Å²) in [6.07, 6.45) is 1.71. The number of rotatable bonds is 6. The number of aromatic carboxylic acids is 1. The lowest BCUT2D eigenvalue weighted by Gasteiger charge is -2.38. The molecule has 144 valence electrons. The van der Waals surface area contributed by atoms with Crippen LogP contribution in [0.3, 0.4) is 0 Å². The summed E-state index contributed by atoms with van der Waals surface area (Å²) in [7, 11) is -3.53. The maximum Gasteiger partial charge on any atom is 0.335 e. The Balaban J connectivity index is 1.79. The Morgan fingerprint density at radius 3 is 2.69 bits per heavy atom. The molecule has 1 N–H and O–H groups in total. The molecule has 0 atom stereocenters. The van der Waals surface area contributed by atoms with Gasteiger partial charge < -0.3 is 14.6 Å². The van der Waals surface area contributed by atoms with Gasteiger partial charge in [-0.05, 0) is 36.6 Å². The smallest absolute Gasteiger partial charge is 0.335 e. The van der Waals surface area contributed by atoms with Gasteiger partial charge in [-0.2, -0.15) is 4.31 Å². The summed E-state index contributed by atoms with van der Waals surface area (Å²) in [5.74, 6) is -1.07. The van der Waals surface area contributed by atoms with E-state index in [1.54, 1.807) is 18.2 Å². The van der Waals surface area contributed by atoms with Crippen molar-refractivity contribution >= 4 is 16.0 Å². The van der Waals surface area contributed by atoms with E-state index in [9.17, 15) is 13.2 Å². The van der Waals surface area contributed by atoms with Crippen molar-refractivity contribution in [1.29, 1.82) is 0 Å². The second-order valence-electron chi connectivity index (χ2n) is 6.86. The molecule has 1 aromatic rings. The van der Waals surface area contributed by atoms with Crippen LogP contribution in [0.25, 0.3) is 0 Å². The molecular formula is C18H25NO6S. The molecule has 2 aliphatic rings. The van der Waals surface area contributed by atoms with Gasteiger partial charge in [0.25, 0.3) is 0 Å². The highest BCUT2D eigenvalue weighted by molar-refractivity contribution is 7.89. The number of carboxylic acid groups (broad SMARTS) is 1. The molecule has 1 fully saturated rings. The van der Waals surface area contributed by atoms with Gasteiger partial charge in [0.1, 0.15) is 0 Å². The number of ether oxygens (including phenoxy) is 2. The summed E-state index contributed by atoms with van der Waals surface area (Å²) in [5, 5.41) is 9.16. The average Bonchev–Trinajstić information content (AvgIpc) is 2.61. The largest absolute Gasteiger partial charge is 0.478 e. The first-order valence-corrected chi connectivity index (χ1v) is 10.5. The second kappa shape index (κ2) is 7.64. The predicted octanol–water partition coefficient (Wildman–Crippen LogP) is 1.66. The lowest BCUT2D eigenvalue weighted by atomic mass is 9.96. The van der Waals surface area contributed by atoms with Crippen molar-refractivity contribution in [1.82, 2.24) is 4.31 Å². The lowest BCUT2D eigenvalue weighted by molar-refractivity contribution is -0.0930. The molecule has 0 amide bonds. The lowest BCUT2D eigenvalue weighted by Crippen LogP contribution is -2.49. The number of carboxylic acids is 1. The minimum atomic E-state index is -3.53. The van der Waals surface area contributed by atoms with Crippen molar-refractivity contribution in [2.75, 3.05) is 32.1 Å². The Kier molecular flexibility index (Phi) is 5.67. The van der Waals surface area contributed by atoms with Gasteiger partial charge in [-0.25, -0.2) is 13.2 Å². The minimum Gasteiger partial charge on any atom is -0.478 e. The summed E-state index contributed by atoms with van der Waals surface area (Å²) in [4.78, 5) is 11.2. The van der Waals surface area contributed by atoms with Crippen LogP contribution in [0.4, 0.5) is 0 Å². The summed E-state index contributed by atoms with van der Waals surface area (Å²) < 4.78 is 38.8. The zero-order valence-electron chi connectivity index (χ0n) is 14.9. The Bertz CT molecular complexity index is 764. The number of hydrogen-bond acceptors (Lipinski definition) is 5. The fraction of sp³-hybridized carbons (Fsp3) is 0.611. The molecule has 2 heterocycles. The van der Waals surface area contributed by atoms with Crippen LogP contribution in [0.1, 0.15) is 41.3 Å². The molecule has 0 unspecified atom stereocenters. The van der Waals surface area contributed by atoms with Crippen molar-refractivity contribution in [2.24, 2.45) is 0 Å². The first kappa shape index (κ1) is 19.3. The number of benzene rings is 1. The third-order valence-corrected chi connectivity index (χ3v) is 7.11. The molecule has 26 heavy (non-hydrogen) atoms. The second-order valence-corrected chi connectivity index (χ2v) is 8.83. The normalized spacial score (nSPS) is 20.5. The molecule has 3 rings (SSSR count). The molecule has 2 aliphatic heterocycles. The van der Waals surface area contributed by atoms with Gasteiger partial charge >= 0.3 is 5.97 Å². The summed E-state index contributed by atoms with van der Waals surface area (Å²) >= 11 is 0. The van der Waals surface area contributed by atoms with Crippen molar-refractivity contribution in [2.45, 2.75) is 38.3 Å². The van der Waals surface area contributed by atoms with Crippen LogP contribution >= 0.6 is 0 Å². The van der Waals surface area contributed by atoms with Crippen molar-refractivity contribution < 1.29 is 27.8 Å². The van der Waals surface area contributed by atoms with Crippen molar-refractivity contribution in [3.8, 4) is 0 Å². The molecule has 1 aromatic carbocycles. The first-order valence-electron chi connectivity index (χ1n) is 8.90. The third kappa shape index (κ3) is 4.09. The highest BCUT2D eigenvalue weighted by Gasteiger charge is 2.40. The molecule has 0 aromatic heterocycles. The number of carbonyl (C=O) groups is 1. The first-order chi connectivity index (χ1) is 12.4. The highest BCUT2D eigenvalue weighted by atomic mass is 32.2. The Hall–Kier alpha value is -1.48. The molecule has 0 radical (unpaired) electrons. The van der Waals surface area contributed by atoms with Crippen LogP contribution in [0, 0.1) is 0 Å². The molecule has 7 nitrogen and oxygen atoms in total. The Labute approximate surface area is 154 Å². The highest BCUT2D eigenvalue weighted by Crippen LogP contribution is 2.30. The van der Waals surface area contributed by atoms with Crippen LogP contribution in [-0.2, 0) is 32.5 Å². The summed E-state index contributed by atoms with van der Waals surface area (Å²) in [6, 6.07) is 4.92. The van der Waals surface area contributed by atoms with Gasteiger partial charge in [0.05, 0.1) is 16.9 Å². The van der Waals surface area contributed by atoms with Gasteiger partial charge in [-0.3, -0.25) is 0 Å². The SMILES string of the molecule is CCOC1(CS(=O)(=O)N2CCc3ccc(C(=O)O)cc3C2)CCOCC1. The zero-order valence-corrected chi connectivity index (χ0v) is 15.8. The Morgan fingerprint density at radius 2 is 2.04 bits per heavy atom. The van der Waals surface area contributed by atoms with Crippen LogP contribution in [0.2, 0.25) is 0 Å². The van der Waals surface area contributed by atoms with Crippen LogP contribution < -0.4 is 0 Å². The van der Waals surface area contributed by atoms with Crippen molar-refractivity contribution in [3.05, 3.63) is 34.9 Å². The molecule has 0 bridgehead atoms. The average molecular weight is 383 g/mol. The number of fused-ring (bicyclic) bond motifs is 1. The number of hydrogen-bond donors (Lipinski definition) is 1. The van der Waals surface area contributed by atoms with E-state index in [4.69, 9.17) is 14.6 Å². The molecule has 0 aliphatic carbocycles. The number of sulfonamides is 1. The van der Waals surface area contributed by atoms with Gasteiger partial charge in [-0.1, -0.05) is 6.07 Å². The van der Waals surface area contributed by atoms with E-state index in [1.807, 2.05) is 6.92 Å². The fourth-order valence-corrected chi connectivity index (χ4v) is 5.63. The maximum atomic E-state index is 13.1. The van der Waals surface area contributed by atoms with E-state index in [-0.39, 0.29) is 17.9 Å². The van der Waals surface area contributed by atoms with Crippen molar-refractivity contribution in [3.63, 3.8) is 0 Å². The van der Waals surface area contributed by atoms with E-state index in [2.05, 4.69) is 0 Å². The third-order valence-electron chi connectivity index (χ3n) is 5.12. The minimum absolute atomic E-state index is 0.0643. The van der Waals surface area contributed by atoms with E-state index in [1.165, 1.54) is 4.31 Å². The topological polar surface area (TPSA) is 93.1 Å². The summed E-state index contributed by atoms with van der Waals surface area (Å²) in [6.45, 7) is 3.94. The van der Waals surface area contributed by atoms with Crippen LogP contribution in [-0.4, -0.2) is 61.5 Å². The fourth-order valence-electron chi connectivity index (χ4n) is 3.71. The van der Waals surface area contributed by atoms with Crippen LogP contribution in [0.15, 0.2) is 18.2 Å². The molecule has 0 saturated carbocycles. The Morgan fingerprint density at radius 1 is 1.31 bits per heavy atom. The summed E-state index contributed by atoms with van der Waals surface area (Å²) in [5.41, 5.74) is 1.25. The van der Waals surface area contributed by atoms with E-state index in [0.29, 0.717) is 45.6 Å². The molecule has 1 saturated heterocycles. The maximum absolute atomic E-state index is 13.1. The molecular weight excluding hydrogens is 358 g/mol. The van der Waals surface area contributed by atoms with Gasteiger partial charge in [0, 0.05) is 45.8 Å².